The number of pyridine rings is 2. The monoisotopic (exact) mass is 1210 g/mol. The van der Waals surface area contributed by atoms with Crippen LogP contribution in [0.3, 0.4) is 0 Å². The highest BCUT2D eigenvalue weighted by atomic mass is 19.1. The van der Waals surface area contributed by atoms with Crippen molar-refractivity contribution < 1.29 is 66.7 Å². The maximum Gasteiger partial charge on any atom is 0.412 e. The molecule has 3 N–H and O–H groups in total. The Hall–Kier alpha value is -7.17. The van der Waals surface area contributed by atoms with Crippen molar-refractivity contribution in [1.82, 2.24) is 19.4 Å². The average molecular weight is 1220 g/mol. The van der Waals surface area contributed by atoms with Crippen LogP contribution in [-0.4, -0.2) is 145 Å². The maximum absolute atomic E-state index is 16.9. The molecule has 9 fully saturated rings. The van der Waals surface area contributed by atoms with Crippen LogP contribution in [0.15, 0.2) is 57.9 Å². The molecule has 2 aromatic heterocycles. The third-order valence-corrected chi connectivity index (χ3v) is 22.4. The topological polar surface area (TPSA) is 238 Å². The number of esters is 2. The fourth-order valence-corrected chi connectivity index (χ4v) is 17.9. The number of aromatic nitrogens is 2. The van der Waals surface area contributed by atoms with Crippen LogP contribution in [0.1, 0.15) is 137 Å². The number of amides is 1. The van der Waals surface area contributed by atoms with Crippen molar-refractivity contribution in [2.24, 2.45) is 40.4 Å². The van der Waals surface area contributed by atoms with Gasteiger partial charge in [-0.15, -0.1) is 0 Å². The van der Waals surface area contributed by atoms with Crippen LogP contribution >= 0.6 is 0 Å². The second-order valence-electron chi connectivity index (χ2n) is 27.1. The van der Waals surface area contributed by atoms with Crippen molar-refractivity contribution in [2.45, 2.75) is 140 Å². The van der Waals surface area contributed by atoms with Crippen LogP contribution in [0.5, 0.6) is 11.5 Å². The molecule has 14 rings (SSSR count). The van der Waals surface area contributed by atoms with E-state index in [1.807, 2.05) is 17.9 Å². The SMILES string of the molecule is COc1c(N2CC3CCCNC3C2)c(F)cc2c(=O)c(C(=O)OCOC(=O)N3CCCC4CN(c5c(F)cc6c(=O)c(C(=O)OCCC(=O)[C@@]7(O)CCC8C9CCC%10=CC(=O)C=C[C@]%10(C)C9[C@@H](O)C[C@@]87C)cn(C7CC7)c6c5OC)CC43)cn(C3CC3)c12. The minimum atomic E-state index is -1.80. The minimum Gasteiger partial charge on any atom is -0.492 e. The van der Waals surface area contributed by atoms with Crippen LogP contribution in [0, 0.1) is 52.1 Å². The number of piperidine rings is 2. The van der Waals surface area contributed by atoms with Crippen molar-refractivity contribution in [3.05, 3.63) is 91.5 Å². The third-order valence-electron chi connectivity index (χ3n) is 22.4. The Bertz CT molecular complexity index is 3800. The first-order valence-electron chi connectivity index (χ1n) is 31.6. The Morgan fingerprint density at radius 1 is 0.750 bits per heavy atom. The van der Waals surface area contributed by atoms with E-state index in [4.69, 9.17) is 23.7 Å². The third kappa shape index (κ3) is 9.28. The van der Waals surface area contributed by atoms with E-state index in [-0.39, 0.29) is 124 Å². The average Bonchev–Trinajstić information content (AvgIpc) is 1.87. The van der Waals surface area contributed by atoms with Gasteiger partial charge in [-0.3, -0.25) is 19.2 Å². The number of ketones is 2. The number of nitrogens with zero attached hydrogens (tertiary/aromatic N) is 5. The second kappa shape index (κ2) is 21.8. The number of allylic oxidation sites excluding steroid dienone is 4. The highest BCUT2D eigenvalue weighted by Gasteiger charge is 2.68. The molecule has 0 spiro atoms. The van der Waals surface area contributed by atoms with E-state index in [1.165, 1.54) is 37.6 Å². The van der Waals surface area contributed by atoms with Crippen molar-refractivity contribution in [3.8, 4) is 11.5 Å². The summed E-state index contributed by atoms with van der Waals surface area (Å²) in [4.78, 5) is 102. The summed E-state index contributed by atoms with van der Waals surface area (Å²) in [6.45, 7) is 5.58. The quantitative estimate of drug-likeness (QED) is 0.0821. The van der Waals surface area contributed by atoms with Crippen molar-refractivity contribution in [2.75, 3.05) is 76.7 Å². The van der Waals surface area contributed by atoms with E-state index >= 15 is 8.78 Å². The van der Waals surface area contributed by atoms with Gasteiger partial charge in [0.2, 0.25) is 17.7 Å². The van der Waals surface area contributed by atoms with Gasteiger partial charge in [0.25, 0.3) is 0 Å². The molecule has 1 amide bonds. The van der Waals surface area contributed by atoms with Crippen LogP contribution in [0.4, 0.5) is 25.0 Å². The number of nitrogens with one attached hydrogen (secondary N) is 1. The second-order valence-corrected chi connectivity index (χ2v) is 27.1. The molecule has 6 heterocycles. The van der Waals surface area contributed by atoms with Gasteiger partial charge in [0.05, 0.1) is 54.8 Å². The number of hydrogen-bond donors (Lipinski definition) is 3. The zero-order valence-electron chi connectivity index (χ0n) is 50.2. The Morgan fingerprint density at radius 3 is 1.99 bits per heavy atom. The lowest BCUT2D eigenvalue weighted by molar-refractivity contribution is -0.177. The van der Waals surface area contributed by atoms with E-state index in [1.54, 1.807) is 26.2 Å². The van der Waals surface area contributed by atoms with Gasteiger partial charge >= 0.3 is 18.0 Å². The number of Topliss-reactive ketones (excluding diaryl/α,β-unsaturated/α-hetero) is 1. The predicted octanol–water partition coefficient (Wildman–Crippen LogP) is 7.45. The maximum atomic E-state index is 16.9. The normalized spacial score (nSPS) is 31.4. The van der Waals surface area contributed by atoms with Crippen molar-refractivity contribution >= 4 is 62.8 Å². The molecule has 88 heavy (non-hydrogen) atoms. The molecule has 4 saturated heterocycles. The number of hydrogen-bond acceptors (Lipinski definition) is 17. The number of benzene rings is 2. The number of aliphatic hydroxyl groups is 2. The number of methoxy groups -OCH3 is 2. The Morgan fingerprint density at radius 2 is 1.36 bits per heavy atom. The van der Waals surface area contributed by atoms with E-state index in [0.717, 1.165) is 50.3 Å². The highest BCUT2D eigenvalue weighted by molar-refractivity contribution is 6.02. The number of ether oxygens (including phenoxy) is 5. The Labute approximate surface area is 506 Å². The molecule has 0 bridgehead atoms. The van der Waals surface area contributed by atoms with Gasteiger partial charge in [0.1, 0.15) is 28.1 Å². The predicted molar refractivity (Wildman–Crippen MR) is 318 cm³/mol. The molecule has 5 saturated carbocycles. The summed E-state index contributed by atoms with van der Waals surface area (Å²) >= 11 is 0. The van der Waals surface area contributed by atoms with Gasteiger partial charge in [0.15, 0.2) is 34.7 Å². The molecule has 468 valence electrons. The molecule has 2 aromatic carbocycles. The number of likely N-dealkylation sites (tertiary alicyclic amines) is 1. The molecular formula is C66H76F2N6O14. The van der Waals surface area contributed by atoms with Gasteiger partial charge in [-0.1, -0.05) is 25.5 Å². The molecule has 22 heteroatoms. The van der Waals surface area contributed by atoms with E-state index < -0.39 is 88.3 Å². The summed E-state index contributed by atoms with van der Waals surface area (Å²) in [5.74, 6) is -3.80. The Kier molecular flexibility index (Phi) is 14.5. The van der Waals surface area contributed by atoms with Crippen molar-refractivity contribution in [1.29, 1.82) is 0 Å². The van der Waals surface area contributed by atoms with Gasteiger partial charge < -0.3 is 63.0 Å². The first kappa shape index (κ1) is 58.5. The first-order valence-corrected chi connectivity index (χ1v) is 31.6. The molecule has 11 atom stereocenters. The van der Waals surface area contributed by atoms with E-state index in [2.05, 4.69) is 12.2 Å². The smallest absolute Gasteiger partial charge is 0.412 e. The summed E-state index contributed by atoms with van der Waals surface area (Å²) in [5, 5.41) is 27.6. The fourth-order valence-electron chi connectivity index (χ4n) is 17.9. The molecule has 7 unspecified atom stereocenters. The van der Waals surface area contributed by atoms with Crippen molar-refractivity contribution in [3.63, 3.8) is 0 Å². The zero-order valence-corrected chi connectivity index (χ0v) is 50.2. The number of rotatable bonds is 14. The van der Waals surface area contributed by atoms with Gasteiger partial charge in [0, 0.05) is 86.4 Å². The van der Waals surface area contributed by atoms with Gasteiger partial charge in [-0.25, -0.2) is 23.2 Å². The number of carbonyl (C=O) groups is 5. The van der Waals surface area contributed by atoms with E-state index in [9.17, 15) is 43.8 Å². The number of anilines is 2. The standard InChI is InChI=1S/C66H76F2N6O14/c1-64-18-15-39(75)23-36(64)9-14-40-45-16-19-66(83,65(45,2)26-50(76)52(40)64)51(77)17-22-86-61(80)43-29-73(37-10-11-37)54-41(57(43)78)25-47(68)56(60(54)85-4)71-28-35-8-6-21-72(49(35)32-71)63(82)88-33-87-62(81)44-30-74(38-12-13-38)53-42(58(44)79)24-46(67)55(59(53)84-3)70-27-34-7-5-20-69-48(34)31-70/h15,18,23-25,29-30,34-35,37-38,40,45,48-50,52,69,76,83H,5-14,16-17,19-22,26-28,31-33H2,1-4H3/t34?,35?,40?,45?,48?,49?,50-,52?,64-,65-,66-/m0/s1. The number of fused-ring (bicyclic) bond motifs is 9. The molecular weight excluding hydrogens is 1140 g/mol. The van der Waals surface area contributed by atoms with Crippen LogP contribution < -0.4 is 35.4 Å². The van der Waals surface area contributed by atoms with Gasteiger partial charge in [-0.2, -0.15) is 0 Å². The zero-order chi connectivity index (χ0) is 61.5. The molecule has 20 nitrogen and oxygen atoms in total. The van der Waals surface area contributed by atoms with E-state index in [0.29, 0.717) is 76.1 Å². The molecule has 4 aliphatic heterocycles. The lowest BCUT2D eigenvalue weighted by Crippen LogP contribution is -2.61. The largest absolute Gasteiger partial charge is 0.492 e. The Balaban J connectivity index is 0.643. The fraction of sp³-hybridized carbons (Fsp3) is 0.591. The highest BCUT2D eigenvalue weighted by Crippen LogP contribution is 2.67. The van der Waals surface area contributed by atoms with Crippen LogP contribution in [-0.2, 0) is 23.8 Å². The summed E-state index contributed by atoms with van der Waals surface area (Å²) in [6, 6.07) is 1.80. The van der Waals surface area contributed by atoms with Crippen LogP contribution in [0.25, 0.3) is 21.8 Å². The molecule has 4 aromatic rings. The van der Waals surface area contributed by atoms with Gasteiger partial charge in [-0.05, 0) is 138 Å². The number of aliphatic hydroxyl groups excluding tert-OH is 1. The summed E-state index contributed by atoms with van der Waals surface area (Å²) < 4.78 is 65.3. The number of carbonyl (C=O) groups excluding carboxylic acids is 5. The number of halogens is 2. The molecule has 10 aliphatic rings. The minimum absolute atomic E-state index is 0.00293. The lowest BCUT2D eigenvalue weighted by Gasteiger charge is -2.59. The molecule has 6 aliphatic carbocycles. The summed E-state index contributed by atoms with van der Waals surface area (Å²) in [6.07, 6.45) is 14.7. The first-order chi connectivity index (χ1) is 42.3. The van der Waals surface area contributed by atoms with Crippen LogP contribution in [0.2, 0.25) is 0 Å². The summed E-state index contributed by atoms with van der Waals surface area (Å²) in [5.41, 5.74) is -3.47. The molecule has 0 radical (unpaired) electrons. The lowest BCUT2D eigenvalue weighted by atomic mass is 9.46. The summed E-state index contributed by atoms with van der Waals surface area (Å²) in [7, 11) is 2.83.